The first-order valence-corrected chi connectivity index (χ1v) is 12.8. The van der Waals surface area contributed by atoms with Crippen molar-refractivity contribution >= 4 is 16.9 Å². The molecule has 2 saturated heterocycles. The predicted octanol–water partition coefficient (Wildman–Crippen LogP) is 4.17. The molecular weight excluding hydrogens is 422 g/mol. The minimum atomic E-state index is 0.103. The van der Waals surface area contributed by atoms with Crippen LogP contribution in [0.5, 0.6) is 0 Å². The average Bonchev–Trinajstić information content (AvgIpc) is 3.23. The number of nitrogens with zero attached hydrogens (tertiary/aromatic N) is 5. The summed E-state index contributed by atoms with van der Waals surface area (Å²) in [7, 11) is 0. The van der Waals surface area contributed by atoms with Crippen LogP contribution in [0.3, 0.4) is 0 Å². The van der Waals surface area contributed by atoms with Crippen LogP contribution in [0.2, 0.25) is 0 Å². The SMILES string of the molecule is CC(C)n1c(CN2CCC[C@H](C(=O)N3CCN(Cc4ccccc4)CC3)C2)nc2ccccc21. The quantitative estimate of drug-likeness (QED) is 0.555. The third-order valence-electron chi connectivity index (χ3n) is 7.34. The molecule has 1 amide bonds. The fourth-order valence-corrected chi connectivity index (χ4v) is 5.61. The predicted molar refractivity (Wildman–Crippen MR) is 136 cm³/mol. The highest BCUT2D eigenvalue weighted by Gasteiger charge is 2.31. The number of imidazole rings is 1. The lowest BCUT2D eigenvalue weighted by atomic mass is 9.96. The molecular formula is C28H37N5O. The topological polar surface area (TPSA) is 44.6 Å². The summed E-state index contributed by atoms with van der Waals surface area (Å²) >= 11 is 0. The van der Waals surface area contributed by atoms with Gasteiger partial charge in [-0.1, -0.05) is 42.5 Å². The molecule has 5 rings (SSSR count). The Balaban J connectivity index is 1.19. The zero-order valence-electron chi connectivity index (χ0n) is 20.6. The summed E-state index contributed by atoms with van der Waals surface area (Å²) in [5.74, 6) is 1.56. The number of carbonyl (C=O) groups excluding carboxylic acids is 1. The number of carbonyl (C=O) groups is 1. The second-order valence-electron chi connectivity index (χ2n) is 10.1. The molecule has 0 N–H and O–H groups in total. The van der Waals surface area contributed by atoms with Gasteiger partial charge in [-0.3, -0.25) is 14.6 Å². The van der Waals surface area contributed by atoms with E-state index < -0.39 is 0 Å². The maximum Gasteiger partial charge on any atom is 0.227 e. The van der Waals surface area contributed by atoms with E-state index in [4.69, 9.17) is 4.98 Å². The van der Waals surface area contributed by atoms with E-state index in [1.165, 1.54) is 11.1 Å². The van der Waals surface area contributed by atoms with Crippen LogP contribution in [-0.2, 0) is 17.9 Å². The van der Waals surface area contributed by atoms with Crippen molar-refractivity contribution in [1.29, 1.82) is 0 Å². The minimum Gasteiger partial charge on any atom is -0.340 e. The molecule has 3 heterocycles. The number of fused-ring (bicyclic) bond motifs is 1. The fraction of sp³-hybridized carbons (Fsp3) is 0.500. The Morgan fingerprint density at radius 2 is 1.65 bits per heavy atom. The molecule has 180 valence electrons. The third-order valence-corrected chi connectivity index (χ3v) is 7.34. The lowest BCUT2D eigenvalue weighted by Crippen LogP contribution is -2.52. The minimum absolute atomic E-state index is 0.103. The molecule has 0 aliphatic carbocycles. The Hall–Kier alpha value is -2.70. The Labute approximate surface area is 203 Å². The first kappa shape index (κ1) is 23.1. The Kier molecular flexibility index (Phi) is 6.97. The van der Waals surface area contributed by atoms with Gasteiger partial charge in [0.1, 0.15) is 5.82 Å². The molecule has 0 saturated carbocycles. The van der Waals surface area contributed by atoms with Crippen LogP contribution in [0, 0.1) is 5.92 Å². The number of hydrogen-bond acceptors (Lipinski definition) is 4. The van der Waals surface area contributed by atoms with Gasteiger partial charge in [-0.25, -0.2) is 4.98 Å². The summed E-state index contributed by atoms with van der Waals surface area (Å²) in [6.07, 6.45) is 2.08. The van der Waals surface area contributed by atoms with Crippen molar-refractivity contribution in [3.63, 3.8) is 0 Å². The van der Waals surface area contributed by atoms with Gasteiger partial charge in [0.25, 0.3) is 0 Å². The molecule has 34 heavy (non-hydrogen) atoms. The van der Waals surface area contributed by atoms with Crippen LogP contribution in [0.25, 0.3) is 11.0 Å². The van der Waals surface area contributed by atoms with E-state index in [0.29, 0.717) is 11.9 Å². The molecule has 2 aliphatic heterocycles. The Bertz CT molecular complexity index is 1100. The van der Waals surface area contributed by atoms with E-state index >= 15 is 0 Å². The molecule has 6 heteroatoms. The highest BCUT2D eigenvalue weighted by Crippen LogP contribution is 2.25. The van der Waals surface area contributed by atoms with Crippen molar-refractivity contribution < 1.29 is 4.79 Å². The first-order chi connectivity index (χ1) is 16.6. The number of piperazine rings is 1. The van der Waals surface area contributed by atoms with Gasteiger partial charge < -0.3 is 9.47 Å². The zero-order chi connectivity index (χ0) is 23.5. The summed E-state index contributed by atoms with van der Waals surface area (Å²) in [6.45, 7) is 11.7. The van der Waals surface area contributed by atoms with Crippen LogP contribution in [-0.4, -0.2) is 69.4 Å². The van der Waals surface area contributed by atoms with Crippen molar-refractivity contribution in [2.45, 2.75) is 45.8 Å². The summed E-state index contributed by atoms with van der Waals surface area (Å²) in [6, 6.07) is 19.4. The van der Waals surface area contributed by atoms with Gasteiger partial charge in [-0.05, 0) is 50.9 Å². The summed E-state index contributed by atoms with van der Waals surface area (Å²) in [5.41, 5.74) is 3.60. The fourth-order valence-electron chi connectivity index (χ4n) is 5.61. The number of benzene rings is 2. The summed E-state index contributed by atoms with van der Waals surface area (Å²) < 4.78 is 2.35. The smallest absolute Gasteiger partial charge is 0.227 e. The van der Waals surface area contributed by atoms with Gasteiger partial charge in [0.05, 0.1) is 23.5 Å². The van der Waals surface area contributed by atoms with Crippen LogP contribution in [0.4, 0.5) is 0 Å². The van der Waals surface area contributed by atoms with Crippen LogP contribution in [0.15, 0.2) is 54.6 Å². The van der Waals surface area contributed by atoms with E-state index in [-0.39, 0.29) is 5.92 Å². The number of amides is 1. The number of para-hydroxylation sites is 2. The second kappa shape index (κ2) is 10.3. The first-order valence-electron chi connectivity index (χ1n) is 12.8. The maximum atomic E-state index is 13.4. The van der Waals surface area contributed by atoms with Crippen LogP contribution >= 0.6 is 0 Å². The normalized spacial score (nSPS) is 20.3. The standard InChI is InChI=1S/C28H37N5O/c1-22(2)33-26-13-7-6-12-25(26)29-27(33)21-31-14-8-11-24(20-31)28(34)32-17-15-30(16-18-32)19-23-9-4-3-5-10-23/h3-7,9-10,12-13,22,24H,8,11,14-21H2,1-2H3/t24-/m0/s1. The van der Waals surface area contributed by atoms with E-state index in [1.54, 1.807) is 0 Å². The van der Waals surface area contributed by atoms with Crippen LogP contribution < -0.4 is 0 Å². The number of aromatic nitrogens is 2. The summed E-state index contributed by atoms with van der Waals surface area (Å²) in [4.78, 5) is 25.4. The molecule has 2 aromatic carbocycles. The maximum absolute atomic E-state index is 13.4. The van der Waals surface area contributed by atoms with E-state index in [1.807, 2.05) is 0 Å². The van der Waals surface area contributed by atoms with Gasteiger partial charge in [0.2, 0.25) is 5.91 Å². The lowest BCUT2D eigenvalue weighted by molar-refractivity contribution is -0.139. The highest BCUT2D eigenvalue weighted by molar-refractivity contribution is 5.79. The lowest BCUT2D eigenvalue weighted by Gasteiger charge is -2.39. The van der Waals surface area contributed by atoms with Gasteiger partial charge in [-0.15, -0.1) is 0 Å². The molecule has 0 unspecified atom stereocenters. The third kappa shape index (κ3) is 5.03. The van der Waals surface area contributed by atoms with Crippen molar-refractivity contribution in [2.75, 3.05) is 39.3 Å². The largest absolute Gasteiger partial charge is 0.340 e. The average molecular weight is 460 g/mol. The number of likely N-dealkylation sites (tertiary alicyclic amines) is 1. The van der Waals surface area contributed by atoms with Crippen molar-refractivity contribution in [3.8, 4) is 0 Å². The van der Waals surface area contributed by atoms with Gasteiger partial charge in [0.15, 0.2) is 0 Å². The second-order valence-corrected chi connectivity index (χ2v) is 10.1. The molecule has 1 aromatic heterocycles. The van der Waals surface area contributed by atoms with Gasteiger partial charge in [0, 0.05) is 45.3 Å². The van der Waals surface area contributed by atoms with Crippen LogP contribution in [0.1, 0.15) is 44.1 Å². The highest BCUT2D eigenvalue weighted by atomic mass is 16.2. The Morgan fingerprint density at radius 3 is 2.41 bits per heavy atom. The zero-order valence-corrected chi connectivity index (χ0v) is 20.6. The molecule has 1 atom stereocenters. The molecule has 6 nitrogen and oxygen atoms in total. The molecule has 0 bridgehead atoms. The molecule has 0 spiro atoms. The van der Waals surface area contributed by atoms with Crippen molar-refractivity contribution in [1.82, 2.24) is 24.3 Å². The van der Waals surface area contributed by atoms with Gasteiger partial charge >= 0.3 is 0 Å². The van der Waals surface area contributed by atoms with E-state index in [9.17, 15) is 4.79 Å². The number of rotatable bonds is 6. The number of hydrogen-bond donors (Lipinski definition) is 0. The summed E-state index contributed by atoms with van der Waals surface area (Å²) in [5, 5.41) is 0. The molecule has 2 aliphatic rings. The molecule has 2 fully saturated rings. The Morgan fingerprint density at radius 1 is 0.912 bits per heavy atom. The van der Waals surface area contributed by atoms with Crippen molar-refractivity contribution in [2.24, 2.45) is 5.92 Å². The number of piperidine rings is 1. The molecule has 3 aromatic rings. The van der Waals surface area contributed by atoms with Gasteiger partial charge in [-0.2, -0.15) is 0 Å². The monoisotopic (exact) mass is 459 g/mol. The molecule has 0 radical (unpaired) electrons. The van der Waals surface area contributed by atoms with Crippen molar-refractivity contribution in [3.05, 3.63) is 66.0 Å². The van der Waals surface area contributed by atoms with E-state index in [2.05, 4.69) is 87.7 Å². The van der Waals surface area contributed by atoms with E-state index in [0.717, 1.165) is 76.5 Å².